The number of nitrogens with zero attached hydrogens (tertiary/aromatic N) is 4. The van der Waals surface area contributed by atoms with E-state index in [9.17, 15) is 13.2 Å². The Morgan fingerprint density at radius 1 is 1.38 bits per heavy atom. The van der Waals surface area contributed by atoms with Crippen molar-refractivity contribution in [2.75, 3.05) is 26.0 Å². The first-order chi connectivity index (χ1) is 13.8. The summed E-state index contributed by atoms with van der Waals surface area (Å²) in [6, 6.07) is 5.72. The third-order valence-electron chi connectivity index (χ3n) is 5.53. The van der Waals surface area contributed by atoms with E-state index in [1.807, 2.05) is 25.1 Å². The van der Waals surface area contributed by atoms with Crippen LogP contribution in [0.25, 0.3) is 5.69 Å². The van der Waals surface area contributed by atoms with Gasteiger partial charge in [0.1, 0.15) is 0 Å². The lowest BCUT2D eigenvalue weighted by Gasteiger charge is -2.28. The van der Waals surface area contributed by atoms with Crippen molar-refractivity contribution in [1.82, 2.24) is 24.6 Å². The standard InChI is InChI=1S/C19H25N5O4S/c1-13-18(19(25)20-11-15-6-4-10-28-15)21-22-24(13)17-7-3-5-14-12-23(29(2,26)27)9-8-16(14)17/h3,5,7,15H,4,6,8-12H2,1-2H3,(H,20,25)/t15-/m0/s1. The molecule has 2 aromatic rings. The monoisotopic (exact) mass is 419 g/mol. The summed E-state index contributed by atoms with van der Waals surface area (Å²) in [7, 11) is -3.24. The minimum absolute atomic E-state index is 0.0632. The van der Waals surface area contributed by atoms with Crippen LogP contribution >= 0.6 is 0 Å². The van der Waals surface area contributed by atoms with E-state index in [0.29, 0.717) is 31.7 Å². The van der Waals surface area contributed by atoms with Crippen LogP contribution in [-0.4, -0.2) is 65.7 Å². The zero-order chi connectivity index (χ0) is 20.6. The highest BCUT2D eigenvalue weighted by atomic mass is 32.2. The SMILES string of the molecule is Cc1c(C(=O)NC[C@@H]2CCCO2)nnn1-c1cccc2c1CCN(S(C)(=O)=O)C2. The summed E-state index contributed by atoms with van der Waals surface area (Å²) in [6.07, 6.45) is 3.84. The highest BCUT2D eigenvalue weighted by molar-refractivity contribution is 7.88. The number of benzene rings is 1. The Labute approximate surface area is 170 Å². The molecule has 4 rings (SSSR count). The summed E-state index contributed by atoms with van der Waals surface area (Å²) in [5, 5.41) is 11.2. The minimum atomic E-state index is -3.24. The number of amides is 1. The first-order valence-corrected chi connectivity index (χ1v) is 11.6. The van der Waals surface area contributed by atoms with Gasteiger partial charge in [-0.15, -0.1) is 5.10 Å². The number of ether oxygens (including phenoxy) is 1. The first kappa shape index (κ1) is 20.0. The van der Waals surface area contributed by atoms with E-state index in [4.69, 9.17) is 4.74 Å². The van der Waals surface area contributed by atoms with Gasteiger partial charge in [-0.2, -0.15) is 4.31 Å². The topological polar surface area (TPSA) is 106 Å². The molecular weight excluding hydrogens is 394 g/mol. The summed E-state index contributed by atoms with van der Waals surface area (Å²) >= 11 is 0. The predicted molar refractivity (Wildman–Crippen MR) is 106 cm³/mol. The van der Waals surface area contributed by atoms with Crippen LogP contribution in [0.2, 0.25) is 0 Å². The molecule has 10 heteroatoms. The number of aromatic nitrogens is 3. The summed E-state index contributed by atoms with van der Waals surface area (Å²) in [5.41, 5.74) is 3.74. The Hall–Kier alpha value is -2.30. The van der Waals surface area contributed by atoms with Crippen molar-refractivity contribution >= 4 is 15.9 Å². The van der Waals surface area contributed by atoms with E-state index in [1.165, 1.54) is 10.6 Å². The van der Waals surface area contributed by atoms with Crippen molar-refractivity contribution in [3.05, 3.63) is 40.7 Å². The van der Waals surface area contributed by atoms with Gasteiger partial charge in [-0.1, -0.05) is 17.3 Å². The maximum absolute atomic E-state index is 12.6. The van der Waals surface area contributed by atoms with Gasteiger partial charge in [0.2, 0.25) is 10.0 Å². The molecular formula is C19H25N5O4S. The predicted octanol–water partition coefficient (Wildman–Crippen LogP) is 0.802. The summed E-state index contributed by atoms with van der Waals surface area (Å²) in [6.45, 7) is 3.78. The van der Waals surface area contributed by atoms with Crippen molar-refractivity contribution < 1.29 is 17.9 Å². The summed E-state index contributed by atoms with van der Waals surface area (Å²) < 4.78 is 32.4. The summed E-state index contributed by atoms with van der Waals surface area (Å²) in [5.74, 6) is -0.266. The lowest BCUT2D eigenvalue weighted by atomic mass is 9.99. The van der Waals surface area contributed by atoms with Crippen LogP contribution in [0, 0.1) is 6.92 Å². The third-order valence-corrected chi connectivity index (χ3v) is 6.78. The molecule has 0 aliphatic carbocycles. The second kappa shape index (κ2) is 7.85. The van der Waals surface area contributed by atoms with Gasteiger partial charge in [0.25, 0.3) is 5.91 Å². The highest BCUT2D eigenvalue weighted by Crippen LogP contribution is 2.27. The average Bonchev–Trinajstić information content (AvgIpc) is 3.34. The highest BCUT2D eigenvalue weighted by Gasteiger charge is 2.27. The molecule has 0 radical (unpaired) electrons. The average molecular weight is 420 g/mol. The molecule has 3 heterocycles. The number of carbonyl (C=O) groups is 1. The Morgan fingerprint density at radius 3 is 2.93 bits per heavy atom. The van der Waals surface area contributed by atoms with Crippen LogP contribution in [0.1, 0.15) is 40.2 Å². The molecule has 1 fully saturated rings. The van der Waals surface area contributed by atoms with E-state index in [2.05, 4.69) is 15.6 Å². The molecule has 1 saturated heterocycles. The second-order valence-electron chi connectivity index (χ2n) is 7.54. The molecule has 0 saturated carbocycles. The Morgan fingerprint density at radius 2 is 2.21 bits per heavy atom. The van der Waals surface area contributed by atoms with Crippen LogP contribution in [0.15, 0.2) is 18.2 Å². The van der Waals surface area contributed by atoms with E-state index in [-0.39, 0.29) is 17.7 Å². The van der Waals surface area contributed by atoms with Crippen molar-refractivity contribution in [2.45, 2.75) is 38.8 Å². The van der Waals surface area contributed by atoms with E-state index in [0.717, 1.165) is 36.3 Å². The van der Waals surface area contributed by atoms with Crippen LogP contribution in [0.5, 0.6) is 0 Å². The Kier molecular flexibility index (Phi) is 5.41. The molecule has 1 atom stereocenters. The quantitative estimate of drug-likeness (QED) is 0.768. The fourth-order valence-corrected chi connectivity index (χ4v) is 4.70. The van der Waals surface area contributed by atoms with E-state index >= 15 is 0 Å². The van der Waals surface area contributed by atoms with E-state index < -0.39 is 10.0 Å². The largest absolute Gasteiger partial charge is 0.376 e. The number of fused-ring (bicyclic) bond motifs is 1. The molecule has 0 unspecified atom stereocenters. The fourth-order valence-electron chi connectivity index (χ4n) is 3.91. The van der Waals surface area contributed by atoms with Crippen LogP contribution in [0.4, 0.5) is 0 Å². The number of hydrogen-bond acceptors (Lipinski definition) is 6. The zero-order valence-electron chi connectivity index (χ0n) is 16.6. The number of hydrogen-bond donors (Lipinski definition) is 1. The molecule has 1 aromatic carbocycles. The minimum Gasteiger partial charge on any atom is -0.376 e. The van der Waals surface area contributed by atoms with Gasteiger partial charge in [-0.3, -0.25) is 4.79 Å². The van der Waals surface area contributed by atoms with Crippen molar-refractivity contribution in [2.24, 2.45) is 0 Å². The molecule has 0 spiro atoms. The fraction of sp³-hybridized carbons (Fsp3) is 0.526. The zero-order valence-corrected chi connectivity index (χ0v) is 17.4. The smallest absolute Gasteiger partial charge is 0.273 e. The number of nitrogens with one attached hydrogen (secondary N) is 1. The van der Waals surface area contributed by atoms with Gasteiger partial charge < -0.3 is 10.1 Å². The Balaban J connectivity index is 1.56. The van der Waals surface area contributed by atoms with Gasteiger partial charge >= 0.3 is 0 Å². The molecule has 1 N–H and O–H groups in total. The van der Waals surface area contributed by atoms with Crippen LogP contribution < -0.4 is 5.32 Å². The molecule has 2 aliphatic rings. The van der Waals surface area contributed by atoms with Gasteiger partial charge in [0.05, 0.1) is 23.7 Å². The lowest BCUT2D eigenvalue weighted by Crippen LogP contribution is -2.35. The Bertz CT molecular complexity index is 1030. The van der Waals surface area contributed by atoms with Crippen molar-refractivity contribution in [3.63, 3.8) is 0 Å². The molecule has 29 heavy (non-hydrogen) atoms. The molecule has 1 amide bonds. The molecule has 2 aliphatic heterocycles. The molecule has 156 valence electrons. The van der Waals surface area contributed by atoms with Crippen molar-refractivity contribution in [3.8, 4) is 5.69 Å². The number of sulfonamides is 1. The first-order valence-electron chi connectivity index (χ1n) is 9.73. The maximum atomic E-state index is 12.6. The van der Waals surface area contributed by atoms with Crippen LogP contribution in [-0.2, 0) is 27.7 Å². The lowest BCUT2D eigenvalue weighted by molar-refractivity contribution is 0.0853. The molecule has 9 nitrogen and oxygen atoms in total. The number of carbonyl (C=O) groups excluding carboxylic acids is 1. The third kappa shape index (κ3) is 4.05. The normalized spacial score (nSPS) is 19.9. The maximum Gasteiger partial charge on any atom is 0.273 e. The van der Waals surface area contributed by atoms with Gasteiger partial charge in [-0.25, -0.2) is 13.1 Å². The molecule has 1 aromatic heterocycles. The van der Waals surface area contributed by atoms with Crippen LogP contribution in [0.3, 0.4) is 0 Å². The van der Waals surface area contributed by atoms with Gasteiger partial charge in [0.15, 0.2) is 5.69 Å². The summed E-state index contributed by atoms with van der Waals surface area (Å²) in [4.78, 5) is 12.6. The number of rotatable bonds is 5. The second-order valence-corrected chi connectivity index (χ2v) is 9.52. The molecule has 0 bridgehead atoms. The van der Waals surface area contributed by atoms with Gasteiger partial charge in [0, 0.05) is 26.2 Å². The van der Waals surface area contributed by atoms with Crippen molar-refractivity contribution in [1.29, 1.82) is 0 Å². The van der Waals surface area contributed by atoms with Gasteiger partial charge in [-0.05, 0) is 43.4 Å². The van der Waals surface area contributed by atoms with E-state index in [1.54, 1.807) is 4.68 Å².